The molecule has 3 aliphatic rings. The fourth-order valence-electron chi connectivity index (χ4n) is 5.55. The Morgan fingerprint density at radius 1 is 0.581 bits per heavy atom. The van der Waals surface area contributed by atoms with Gasteiger partial charge >= 0.3 is 0 Å². The lowest BCUT2D eigenvalue weighted by Crippen LogP contribution is -2.45. The van der Waals surface area contributed by atoms with E-state index in [4.69, 9.17) is 0 Å². The topological polar surface area (TPSA) is 19.4 Å². The van der Waals surface area contributed by atoms with Crippen molar-refractivity contribution in [3.05, 3.63) is 35.4 Å². The highest BCUT2D eigenvalue weighted by atomic mass is 15.3. The molecule has 0 N–H and O–H groups in total. The Bertz CT molecular complexity index is 856. The Balaban J connectivity index is 1.51. The smallest absolute Gasteiger partial charge is 0.0897 e. The molecule has 0 aliphatic carbocycles. The van der Waals surface area contributed by atoms with Crippen molar-refractivity contribution in [3.8, 4) is 0 Å². The molecular weight excluding hydrogens is 384 g/mol. The predicted molar refractivity (Wildman–Crippen MR) is 131 cm³/mol. The number of piperazine rings is 2. The normalized spacial score (nSPS) is 21.9. The Hall–Kier alpha value is -1.86. The zero-order valence-electron chi connectivity index (χ0n) is 19.8. The number of benzene rings is 2. The molecule has 0 saturated carbocycles. The largest absolute Gasteiger partial charge is 0.356 e. The van der Waals surface area contributed by atoms with Gasteiger partial charge in [-0.15, -0.1) is 0 Å². The van der Waals surface area contributed by atoms with Gasteiger partial charge < -0.3 is 19.6 Å². The van der Waals surface area contributed by atoms with Crippen LogP contribution in [0.15, 0.2) is 24.3 Å². The second-order valence-electron chi connectivity index (χ2n) is 9.94. The fourth-order valence-corrected chi connectivity index (χ4v) is 5.55. The van der Waals surface area contributed by atoms with Gasteiger partial charge in [-0.25, -0.2) is 0 Å². The molecule has 0 atom stereocenters. The van der Waals surface area contributed by atoms with Crippen molar-refractivity contribution in [2.24, 2.45) is 0 Å². The minimum atomic E-state index is 0.946. The van der Waals surface area contributed by atoms with Gasteiger partial charge in [-0.1, -0.05) is 24.3 Å². The van der Waals surface area contributed by atoms with Crippen LogP contribution in [-0.2, 0) is 13.1 Å². The first-order valence-corrected chi connectivity index (χ1v) is 11.8. The third-order valence-electron chi connectivity index (χ3n) is 7.47. The zero-order chi connectivity index (χ0) is 21.5. The van der Waals surface area contributed by atoms with E-state index in [0.717, 1.165) is 45.9 Å². The van der Waals surface area contributed by atoms with Gasteiger partial charge in [0.1, 0.15) is 0 Å². The summed E-state index contributed by atoms with van der Waals surface area (Å²) in [6.07, 6.45) is 0. The lowest BCUT2D eigenvalue weighted by molar-refractivity contribution is 0.148. The van der Waals surface area contributed by atoms with Crippen LogP contribution in [0.5, 0.6) is 0 Å². The molecule has 3 aliphatic heterocycles. The van der Waals surface area contributed by atoms with Crippen LogP contribution in [0.1, 0.15) is 11.1 Å². The van der Waals surface area contributed by atoms with Crippen molar-refractivity contribution in [1.82, 2.24) is 19.6 Å². The van der Waals surface area contributed by atoms with E-state index >= 15 is 0 Å². The molecule has 6 nitrogen and oxygen atoms in total. The van der Waals surface area contributed by atoms with E-state index in [-0.39, 0.29) is 0 Å². The van der Waals surface area contributed by atoms with E-state index in [2.05, 4.69) is 81.9 Å². The van der Waals surface area contributed by atoms with Crippen molar-refractivity contribution in [1.29, 1.82) is 0 Å². The van der Waals surface area contributed by atoms with Gasteiger partial charge in [0, 0.05) is 84.9 Å². The first-order chi connectivity index (χ1) is 15.0. The van der Waals surface area contributed by atoms with Crippen molar-refractivity contribution in [3.63, 3.8) is 0 Å². The van der Waals surface area contributed by atoms with Crippen LogP contribution in [0, 0.1) is 0 Å². The van der Waals surface area contributed by atoms with Gasteiger partial charge in [-0.3, -0.25) is 9.80 Å². The maximum absolute atomic E-state index is 2.62. The minimum Gasteiger partial charge on any atom is -0.356 e. The van der Waals surface area contributed by atoms with Crippen molar-refractivity contribution >= 4 is 22.1 Å². The molecule has 6 heteroatoms. The molecule has 31 heavy (non-hydrogen) atoms. The quantitative estimate of drug-likeness (QED) is 0.747. The molecule has 0 bridgehead atoms. The summed E-state index contributed by atoms with van der Waals surface area (Å²) in [6, 6.07) is 9.45. The van der Waals surface area contributed by atoms with Crippen molar-refractivity contribution in [2.75, 3.05) is 97.0 Å². The lowest BCUT2D eigenvalue weighted by atomic mass is 9.95. The number of rotatable bonds is 4. The molecule has 5 rings (SSSR count). The van der Waals surface area contributed by atoms with Crippen molar-refractivity contribution in [2.45, 2.75) is 13.1 Å². The van der Waals surface area contributed by atoms with Gasteiger partial charge in [-0.05, 0) is 30.6 Å². The zero-order valence-corrected chi connectivity index (χ0v) is 19.8. The number of nitrogens with zero attached hydrogens (tertiary/aromatic N) is 6. The summed E-state index contributed by atoms with van der Waals surface area (Å²) in [5.41, 5.74) is 5.85. The molecule has 168 valence electrons. The second kappa shape index (κ2) is 8.58. The molecule has 0 amide bonds. The molecule has 2 aromatic rings. The second-order valence-corrected chi connectivity index (χ2v) is 9.94. The van der Waals surface area contributed by atoms with Gasteiger partial charge in [0.15, 0.2) is 0 Å². The molecule has 2 fully saturated rings. The third-order valence-corrected chi connectivity index (χ3v) is 7.47. The number of hydrogen-bond donors (Lipinski definition) is 0. The van der Waals surface area contributed by atoms with Gasteiger partial charge in [0.05, 0.1) is 18.0 Å². The van der Waals surface area contributed by atoms with Crippen molar-refractivity contribution < 1.29 is 0 Å². The average molecular weight is 423 g/mol. The predicted octanol–water partition coefficient (Wildman–Crippen LogP) is 2.18. The van der Waals surface area contributed by atoms with Gasteiger partial charge in [0.25, 0.3) is 0 Å². The van der Waals surface area contributed by atoms with Gasteiger partial charge in [-0.2, -0.15) is 0 Å². The van der Waals surface area contributed by atoms with Crippen LogP contribution >= 0.6 is 0 Å². The van der Waals surface area contributed by atoms with E-state index in [1.807, 2.05) is 0 Å². The molecule has 0 aromatic heterocycles. The maximum atomic E-state index is 2.62. The third kappa shape index (κ3) is 4.14. The number of likely N-dealkylation sites (N-methyl/N-ethyl adjacent to an activating group) is 2. The summed E-state index contributed by atoms with van der Waals surface area (Å²) in [4.78, 5) is 15.0. The van der Waals surface area contributed by atoms with E-state index in [9.17, 15) is 0 Å². The molecule has 0 spiro atoms. The van der Waals surface area contributed by atoms with E-state index in [1.54, 1.807) is 0 Å². The highest BCUT2D eigenvalue weighted by molar-refractivity contribution is 6.07. The summed E-state index contributed by atoms with van der Waals surface area (Å²) in [5, 5.41) is 2.82. The Morgan fingerprint density at radius 2 is 1.00 bits per heavy atom. The van der Waals surface area contributed by atoms with Crippen LogP contribution in [0.4, 0.5) is 11.4 Å². The SMILES string of the molecule is CN1CCN(Cc2ccc3ccc(CN4CCN(C)CC4)c4c3c2N(C)CN4C)CC1. The summed E-state index contributed by atoms with van der Waals surface area (Å²) in [6.45, 7) is 12.4. The summed E-state index contributed by atoms with van der Waals surface area (Å²) >= 11 is 0. The summed E-state index contributed by atoms with van der Waals surface area (Å²) < 4.78 is 0. The number of anilines is 2. The molecule has 2 saturated heterocycles. The summed E-state index contributed by atoms with van der Waals surface area (Å²) in [5.74, 6) is 0. The van der Waals surface area contributed by atoms with E-state index < -0.39 is 0 Å². The van der Waals surface area contributed by atoms with E-state index in [1.165, 1.54) is 59.5 Å². The van der Waals surface area contributed by atoms with E-state index in [0.29, 0.717) is 0 Å². The highest BCUT2D eigenvalue weighted by Crippen LogP contribution is 2.43. The maximum Gasteiger partial charge on any atom is 0.0897 e. The monoisotopic (exact) mass is 422 g/mol. The minimum absolute atomic E-state index is 0.946. The fraction of sp³-hybridized carbons (Fsp3) is 0.600. The molecule has 0 radical (unpaired) electrons. The van der Waals surface area contributed by atoms with Crippen LogP contribution < -0.4 is 9.80 Å². The number of hydrogen-bond acceptors (Lipinski definition) is 6. The molecule has 3 heterocycles. The highest BCUT2D eigenvalue weighted by Gasteiger charge is 2.27. The molecule has 0 unspecified atom stereocenters. The molecule has 2 aromatic carbocycles. The first-order valence-electron chi connectivity index (χ1n) is 11.8. The van der Waals surface area contributed by atoms with Crippen LogP contribution in [0.3, 0.4) is 0 Å². The Morgan fingerprint density at radius 3 is 1.42 bits per heavy atom. The Labute approximate surface area is 187 Å². The average Bonchev–Trinajstić information content (AvgIpc) is 2.76. The van der Waals surface area contributed by atoms with Crippen LogP contribution in [0.2, 0.25) is 0 Å². The summed E-state index contributed by atoms with van der Waals surface area (Å²) in [7, 11) is 8.98. The molecular formula is C25H38N6. The standard InChI is InChI=1S/C25H38N6/c1-26-9-13-30(14-10-26)17-21-7-5-20-6-8-22(18-31-15-11-27(2)12-16-31)25-23(20)24(21)28(3)19-29(25)4/h5-8H,9-19H2,1-4H3. The Kier molecular flexibility index (Phi) is 5.82. The first kappa shape index (κ1) is 21.0. The van der Waals surface area contributed by atoms with Crippen LogP contribution in [0.25, 0.3) is 10.8 Å². The van der Waals surface area contributed by atoms with Gasteiger partial charge in [0.2, 0.25) is 0 Å². The lowest BCUT2D eigenvalue weighted by Gasteiger charge is -2.40. The van der Waals surface area contributed by atoms with Crippen LogP contribution in [-0.4, -0.2) is 107 Å².